The van der Waals surface area contributed by atoms with Crippen LogP contribution >= 0.6 is 7.82 Å². The molecule has 0 fully saturated rings. The number of phenols is 1. The van der Waals surface area contributed by atoms with Crippen molar-refractivity contribution in [2.75, 3.05) is 25.5 Å². The van der Waals surface area contributed by atoms with Gasteiger partial charge in [-0.2, -0.15) is 0 Å². The molecule has 2 aromatic heterocycles. The smallest absolute Gasteiger partial charge is 0.508 e. The van der Waals surface area contributed by atoms with Gasteiger partial charge in [-0.1, -0.05) is 19.4 Å². The van der Waals surface area contributed by atoms with Gasteiger partial charge in [0.1, 0.15) is 22.8 Å². The van der Waals surface area contributed by atoms with Gasteiger partial charge in [-0.25, -0.2) is 24.3 Å². The molecule has 2 heterocycles. The number of nitrogens with two attached hydrogens (primary N) is 1. The number of hydrogen-bond acceptors (Lipinski definition) is 9. The number of anilines is 1. The molecule has 0 spiro atoms. The maximum absolute atomic E-state index is 11.6. The van der Waals surface area contributed by atoms with Crippen LogP contribution in [0.2, 0.25) is 0 Å². The minimum Gasteiger partial charge on any atom is -0.508 e. The summed E-state index contributed by atoms with van der Waals surface area (Å²) in [7, 11) is -4.84. The summed E-state index contributed by atoms with van der Waals surface area (Å²) in [6.45, 7) is 3.19. The third-order valence-corrected chi connectivity index (χ3v) is 6.57. The molecule has 0 amide bonds. The number of aromatic hydroxyl groups is 1. The second kappa shape index (κ2) is 12.4. The van der Waals surface area contributed by atoms with E-state index in [1.54, 1.807) is 0 Å². The lowest BCUT2D eigenvalue weighted by molar-refractivity contribution is 0.145. The summed E-state index contributed by atoms with van der Waals surface area (Å²) in [5.74, 6) is 0.869. The van der Waals surface area contributed by atoms with Gasteiger partial charge >= 0.3 is 7.82 Å². The van der Waals surface area contributed by atoms with E-state index >= 15 is 0 Å². The molecule has 0 aliphatic carbocycles. The van der Waals surface area contributed by atoms with Crippen molar-refractivity contribution in [2.24, 2.45) is 4.99 Å². The summed E-state index contributed by atoms with van der Waals surface area (Å²) in [5.41, 5.74) is 9.58. The number of ether oxygens (including phenoxy) is 1. The molecule has 0 saturated carbocycles. The highest BCUT2D eigenvalue weighted by atomic mass is 31.2. The van der Waals surface area contributed by atoms with Crippen molar-refractivity contribution in [1.82, 2.24) is 14.5 Å². The molecule has 0 aliphatic heterocycles. The van der Waals surface area contributed by atoms with Crippen molar-refractivity contribution >= 4 is 41.7 Å². The Bertz CT molecular complexity index is 1580. The number of nitrogens with zero attached hydrogens (tertiary/aromatic N) is 4. The van der Waals surface area contributed by atoms with Crippen LogP contribution < -0.4 is 10.3 Å². The van der Waals surface area contributed by atoms with Crippen LogP contribution in [0.1, 0.15) is 36.7 Å². The molecular formula is C26H30N5O7P. The van der Waals surface area contributed by atoms with Crippen LogP contribution in [0.4, 0.5) is 5.82 Å². The number of unbranched alkanes of at least 4 members (excludes halogenated alkanes) is 1. The van der Waals surface area contributed by atoms with Crippen LogP contribution in [0.5, 0.6) is 11.5 Å². The molecule has 39 heavy (non-hydrogen) atoms. The predicted octanol–water partition coefficient (Wildman–Crippen LogP) is 3.63. The Morgan fingerprint density at radius 1 is 1.13 bits per heavy atom. The van der Waals surface area contributed by atoms with Crippen molar-refractivity contribution in [3.05, 3.63) is 53.3 Å². The summed E-state index contributed by atoms with van der Waals surface area (Å²) in [4.78, 5) is 41.9. The lowest BCUT2D eigenvalue weighted by atomic mass is 10.1. The van der Waals surface area contributed by atoms with Crippen LogP contribution in [-0.2, 0) is 33.5 Å². The Hall–Kier alpha value is -3.79. The first-order valence-electron chi connectivity index (χ1n) is 12.5. The quantitative estimate of drug-likeness (QED) is 0.0822. The number of carbonyl (C=O) groups excluding carboxylic acids is 1. The van der Waals surface area contributed by atoms with E-state index < -0.39 is 7.82 Å². The fourth-order valence-electron chi connectivity index (χ4n) is 4.38. The van der Waals surface area contributed by atoms with Gasteiger partial charge in [0.25, 0.3) is 0 Å². The lowest BCUT2D eigenvalue weighted by Gasteiger charge is -2.16. The highest BCUT2D eigenvalue weighted by Crippen LogP contribution is 2.41. The number of aromatic nitrogens is 3. The van der Waals surface area contributed by atoms with Crippen molar-refractivity contribution in [3.63, 3.8) is 0 Å². The zero-order chi connectivity index (χ0) is 28.0. The number of nitrogen functional groups attached to an aromatic ring is 1. The predicted molar refractivity (Wildman–Crippen MR) is 145 cm³/mol. The van der Waals surface area contributed by atoms with Gasteiger partial charge < -0.3 is 24.7 Å². The van der Waals surface area contributed by atoms with Crippen LogP contribution in [0.15, 0.2) is 41.4 Å². The fourth-order valence-corrected chi connectivity index (χ4v) is 4.81. The van der Waals surface area contributed by atoms with E-state index in [0.717, 1.165) is 35.1 Å². The molecule has 5 N–H and O–H groups in total. The van der Waals surface area contributed by atoms with E-state index in [2.05, 4.69) is 16.9 Å². The van der Waals surface area contributed by atoms with E-state index in [-0.39, 0.29) is 30.4 Å². The number of fused-ring (bicyclic) bond motifs is 3. The Labute approximate surface area is 224 Å². The van der Waals surface area contributed by atoms with Crippen LogP contribution in [0, 0.1) is 0 Å². The number of imidazole rings is 1. The van der Waals surface area contributed by atoms with Crippen LogP contribution in [0.25, 0.3) is 21.9 Å². The molecule has 0 unspecified atom stereocenters. The van der Waals surface area contributed by atoms with Gasteiger partial charge in [0, 0.05) is 17.4 Å². The molecule has 2 aromatic carbocycles. The van der Waals surface area contributed by atoms with Gasteiger partial charge in [0.05, 0.1) is 37.3 Å². The first-order valence-corrected chi connectivity index (χ1v) is 14.0. The number of phosphoric ester groups is 1. The van der Waals surface area contributed by atoms with Crippen LogP contribution in [-0.4, -0.2) is 55.3 Å². The molecular weight excluding hydrogens is 525 g/mol. The Morgan fingerprint density at radius 3 is 2.69 bits per heavy atom. The van der Waals surface area contributed by atoms with E-state index in [1.165, 1.54) is 24.3 Å². The minimum absolute atomic E-state index is 0.0486. The minimum atomic E-state index is -4.84. The highest BCUT2D eigenvalue weighted by Gasteiger charge is 2.22. The number of phosphoric acid groups is 1. The van der Waals surface area contributed by atoms with Crippen molar-refractivity contribution in [2.45, 2.75) is 39.2 Å². The first kappa shape index (κ1) is 28.2. The molecule has 0 saturated heterocycles. The number of phenolic OH excluding ortho intramolecular Hbond substituents is 1. The molecule has 13 heteroatoms. The molecule has 0 radical (unpaired) electrons. The fraction of sp³-hybridized carbons (Fsp3) is 0.346. The van der Waals surface area contributed by atoms with E-state index in [1.807, 2.05) is 22.8 Å². The molecule has 0 aliphatic rings. The third-order valence-electron chi connectivity index (χ3n) is 6.14. The zero-order valence-corrected chi connectivity index (χ0v) is 22.3. The van der Waals surface area contributed by atoms with Crippen molar-refractivity contribution in [3.8, 4) is 11.5 Å². The van der Waals surface area contributed by atoms with E-state index in [4.69, 9.17) is 20.0 Å². The molecule has 4 rings (SSSR count). The maximum Gasteiger partial charge on any atom is 0.524 e. The van der Waals surface area contributed by atoms with E-state index in [0.29, 0.717) is 42.7 Å². The highest BCUT2D eigenvalue weighted by molar-refractivity contribution is 7.46. The second-order valence-electron chi connectivity index (χ2n) is 8.97. The number of isocyanates is 1. The zero-order valence-electron chi connectivity index (χ0n) is 21.4. The number of hydrogen-bond donors (Lipinski definition) is 4. The summed E-state index contributed by atoms with van der Waals surface area (Å²) in [5, 5.41) is 11.0. The Morgan fingerprint density at radius 2 is 1.95 bits per heavy atom. The van der Waals surface area contributed by atoms with Crippen molar-refractivity contribution < 1.29 is 33.5 Å². The SMILES string of the molecule is CCCCc1nc2c(N)nc3ccc(CCOCCN=C=O)cc3c2n1Cc1cc(O)ccc1OP(=O)(O)O. The third kappa shape index (κ3) is 7.00. The first-order chi connectivity index (χ1) is 18.7. The van der Waals surface area contributed by atoms with Gasteiger partial charge in [0.15, 0.2) is 5.82 Å². The summed E-state index contributed by atoms with van der Waals surface area (Å²) < 4.78 is 24.0. The standard InChI is InChI=1S/C26H30N5O7P/c1-2-3-4-23-30-24-25(31(23)15-18-14-19(33)6-8-22(18)38-39(34,35)36)20-13-17(5-7-21(20)29-26(24)27)9-11-37-12-10-28-16-32/h5-8,13-14,33H,2-4,9-12,15H2,1H3,(H2,27,29)(H2,34,35,36). The lowest BCUT2D eigenvalue weighted by Crippen LogP contribution is -2.08. The van der Waals surface area contributed by atoms with Gasteiger partial charge in [-0.05, 0) is 48.7 Å². The number of pyridine rings is 1. The van der Waals surface area contributed by atoms with Crippen molar-refractivity contribution in [1.29, 1.82) is 0 Å². The van der Waals surface area contributed by atoms with Gasteiger partial charge in [-0.15, -0.1) is 0 Å². The molecule has 206 valence electrons. The normalized spacial score (nSPS) is 11.7. The Balaban J connectivity index is 1.81. The molecule has 12 nitrogen and oxygen atoms in total. The largest absolute Gasteiger partial charge is 0.524 e. The van der Waals surface area contributed by atoms with Crippen LogP contribution in [0.3, 0.4) is 0 Å². The number of benzene rings is 2. The number of aryl methyl sites for hydroxylation is 1. The topological polar surface area (TPSA) is 182 Å². The molecule has 0 bridgehead atoms. The maximum atomic E-state index is 11.6. The monoisotopic (exact) mass is 555 g/mol. The summed E-state index contributed by atoms with van der Waals surface area (Å²) in [6.07, 6.45) is 4.51. The van der Waals surface area contributed by atoms with E-state index in [9.17, 15) is 24.3 Å². The summed E-state index contributed by atoms with van der Waals surface area (Å²) >= 11 is 0. The van der Waals surface area contributed by atoms with Gasteiger partial charge in [-0.3, -0.25) is 9.79 Å². The number of aliphatic imine (C=N–C) groups is 1. The molecule has 0 atom stereocenters. The molecule has 4 aromatic rings. The summed E-state index contributed by atoms with van der Waals surface area (Å²) in [6, 6.07) is 9.83. The Kier molecular flexibility index (Phi) is 8.96. The average Bonchev–Trinajstić information content (AvgIpc) is 3.25. The number of rotatable bonds is 13. The second-order valence-corrected chi connectivity index (χ2v) is 10.1. The average molecular weight is 556 g/mol. The van der Waals surface area contributed by atoms with Gasteiger partial charge in [0.2, 0.25) is 6.08 Å².